The molecule has 1 spiro atoms. The Bertz CT molecular complexity index is 1430. The number of methoxy groups -OCH3 is 1. The molecule has 1 fully saturated rings. The van der Waals surface area contributed by atoms with Crippen molar-refractivity contribution in [3.05, 3.63) is 51.7 Å². The largest absolute Gasteiger partial charge is 0.495 e. The molecule has 3 aromatic rings. The Labute approximate surface area is 214 Å². The normalized spacial score (nSPS) is 16.2. The molecule has 0 amide bonds. The number of nitrogens with one attached hydrogen (secondary N) is 1. The molecule has 186 valence electrons. The predicted molar refractivity (Wildman–Crippen MR) is 140 cm³/mol. The van der Waals surface area contributed by atoms with E-state index in [-0.39, 0.29) is 21.6 Å². The van der Waals surface area contributed by atoms with Gasteiger partial charge in [-0.25, -0.2) is 17.5 Å². The molecule has 1 heterocycles. The van der Waals surface area contributed by atoms with Crippen LogP contribution in [0.15, 0.2) is 44.2 Å². The van der Waals surface area contributed by atoms with E-state index in [2.05, 4.69) is 51.5 Å². The first-order valence-corrected chi connectivity index (χ1v) is 17.6. The van der Waals surface area contributed by atoms with Crippen molar-refractivity contribution in [2.45, 2.75) is 55.3 Å². The Hall–Kier alpha value is -2.01. The molecule has 0 bridgehead atoms. The lowest BCUT2D eigenvalue weighted by atomic mass is 9.78. The Morgan fingerprint density at radius 2 is 1.97 bits per heavy atom. The third-order valence-electron chi connectivity index (χ3n) is 6.92. The first-order chi connectivity index (χ1) is 16.5. The molecule has 0 saturated heterocycles. The third kappa shape index (κ3) is 4.39. The quantitative estimate of drug-likeness (QED) is 0.341. The summed E-state index contributed by atoms with van der Waals surface area (Å²) in [5.41, 5.74) is 3.23. The first-order valence-electron chi connectivity index (χ1n) is 11.6. The maximum atomic E-state index is 15.3. The van der Waals surface area contributed by atoms with Gasteiger partial charge >= 0.3 is 0 Å². The van der Waals surface area contributed by atoms with Gasteiger partial charge in [-0.1, -0.05) is 46.8 Å². The van der Waals surface area contributed by atoms with Crippen molar-refractivity contribution >= 4 is 34.0 Å². The molecule has 1 saturated carbocycles. The van der Waals surface area contributed by atoms with E-state index >= 15 is 4.39 Å². The van der Waals surface area contributed by atoms with Crippen molar-refractivity contribution in [2.75, 3.05) is 13.7 Å². The van der Waals surface area contributed by atoms with E-state index in [4.69, 9.17) is 9.26 Å². The first kappa shape index (κ1) is 24.7. The zero-order valence-corrected chi connectivity index (χ0v) is 23.6. The molecule has 1 aromatic heterocycles. The molecular weight excluding hydrogens is 551 g/mol. The maximum absolute atomic E-state index is 15.3. The summed E-state index contributed by atoms with van der Waals surface area (Å²) in [5.74, 6) is -0.0767. The number of benzene rings is 2. The monoisotopic (exact) mass is 578 g/mol. The number of halogens is 2. The fourth-order valence-corrected chi connectivity index (χ4v) is 7.51. The minimum atomic E-state index is -3.93. The van der Waals surface area contributed by atoms with E-state index in [0.29, 0.717) is 24.4 Å². The number of hydrogen-bond acceptors (Lipinski definition) is 5. The van der Waals surface area contributed by atoms with Gasteiger partial charge in [-0.2, -0.15) is 0 Å². The summed E-state index contributed by atoms with van der Waals surface area (Å²) in [4.78, 5) is -0.108. The highest BCUT2D eigenvalue weighted by Gasteiger charge is 2.50. The van der Waals surface area contributed by atoms with Gasteiger partial charge in [0, 0.05) is 35.6 Å². The van der Waals surface area contributed by atoms with E-state index in [9.17, 15) is 8.42 Å². The molecule has 10 heteroatoms. The molecule has 5 rings (SSSR count). The van der Waals surface area contributed by atoms with E-state index < -0.39 is 23.9 Å². The maximum Gasteiger partial charge on any atom is 0.244 e. The second-order valence-corrected chi connectivity index (χ2v) is 18.9. The summed E-state index contributed by atoms with van der Waals surface area (Å²) in [7, 11) is -4.02. The van der Waals surface area contributed by atoms with Gasteiger partial charge in [0.1, 0.15) is 16.4 Å². The Morgan fingerprint density at radius 3 is 2.63 bits per heavy atom. The number of nitrogens with zero attached hydrogens (tertiary/aromatic N) is 1. The molecule has 6 nitrogen and oxygen atoms in total. The van der Waals surface area contributed by atoms with Crippen LogP contribution in [0.2, 0.25) is 25.7 Å². The number of rotatable bonds is 7. The van der Waals surface area contributed by atoms with Crippen LogP contribution in [0.3, 0.4) is 0 Å². The van der Waals surface area contributed by atoms with E-state index in [1.54, 1.807) is 0 Å². The van der Waals surface area contributed by atoms with Gasteiger partial charge in [0.15, 0.2) is 11.5 Å². The second-order valence-electron chi connectivity index (χ2n) is 10.6. The summed E-state index contributed by atoms with van der Waals surface area (Å²) in [6, 6.07) is 9.32. The Balaban J connectivity index is 1.62. The highest BCUT2D eigenvalue weighted by atomic mass is 79.9. The number of sulfonamides is 1. The van der Waals surface area contributed by atoms with E-state index in [1.807, 2.05) is 12.1 Å². The summed E-state index contributed by atoms with van der Waals surface area (Å²) in [6.45, 7) is 6.85. The van der Waals surface area contributed by atoms with Gasteiger partial charge < -0.3 is 9.26 Å². The van der Waals surface area contributed by atoms with E-state index in [0.717, 1.165) is 40.6 Å². The topological polar surface area (TPSA) is 81.4 Å². The van der Waals surface area contributed by atoms with Crippen LogP contribution in [0, 0.1) is 5.82 Å². The van der Waals surface area contributed by atoms with Gasteiger partial charge in [-0.3, -0.25) is 0 Å². The highest BCUT2D eigenvalue weighted by Crippen LogP contribution is 2.59. The van der Waals surface area contributed by atoms with Crippen LogP contribution in [0.1, 0.15) is 24.0 Å². The van der Waals surface area contributed by atoms with Crippen LogP contribution in [0.4, 0.5) is 4.39 Å². The second kappa shape index (κ2) is 8.54. The van der Waals surface area contributed by atoms with Gasteiger partial charge in [-0.05, 0) is 55.1 Å². The zero-order chi connectivity index (χ0) is 25.2. The minimum Gasteiger partial charge on any atom is -0.495 e. The number of aromatic nitrogens is 1. The molecule has 0 aliphatic heterocycles. The lowest BCUT2D eigenvalue weighted by Crippen LogP contribution is -2.31. The number of fused-ring (bicyclic) bond motifs is 4. The zero-order valence-electron chi connectivity index (χ0n) is 20.2. The molecular formula is C25H28BrFN2O4SSi. The average Bonchev–Trinajstić information content (AvgIpc) is 3.42. The standard InChI is InChI=1S/C25H28BrFN2O4SSi/c1-32-24-20(34(30,31)28-11-12-35(2,3)4)8-7-19(27)21(24)22-17-14-25(9-10-25)18-6-5-15(26)13-16(18)23(17)33-29-22/h5-8,13,28H,9-12,14H2,1-4H3. The van der Waals surface area contributed by atoms with Crippen molar-refractivity contribution in [3.63, 3.8) is 0 Å². The van der Waals surface area contributed by atoms with E-state index in [1.165, 1.54) is 18.7 Å². The van der Waals surface area contributed by atoms with Crippen LogP contribution in [0.5, 0.6) is 5.75 Å². The molecule has 1 N–H and O–H groups in total. The van der Waals surface area contributed by atoms with Gasteiger partial charge in [0.05, 0.1) is 12.7 Å². The van der Waals surface area contributed by atoms with Gasteiger partial charge in [0.25, 0.3) is 0 Å². The van der Waals surface area contributed by atoms with Gasteiger partial charge in [0.2, 0.25) is 10.0 Å². The lowest BCUT2D eigenvalue weighted by molar-refractivity contribution is 0.398. The predicted octanol–water partition coefficient (Wildman–Crippen LogP) is 6.12. The lowest BCUT2D eigenvalue weighted by Gasteiger charge is -2.25. The highest BCUT2D eigenvalue weighted by molar-refractivity contribution is 9.10. The number of ether oxygens (including phenoxy) is 1. The van der Waals surface area contributed by atoms with Crippen LogP contribution in [-0.2, 0) is 21.9 Å². The summed E-state index contributed by atoms with van der Waals surface area (Å²) < 4.78 is 56.6. The molecule has 0 radical (unpaired) electrons. The molecule has 2 aromatic carbocycles. The van der Waals surface area contributed by atoms with Crippen molar-refractivity contribution < 1.29 is 22.1 Å². The van der Waals surface area contributed by atoms with Gasteiger partial charge in [-0.15, -0.1) is 0 Å². The smallest absolute Gasteiger partial charge is 0.244 e. The van der Waals surface area contributed by atoms with Crippen LogP contribution in [-0.4, -0.2) is 35.3 Å². The van der Waals surface area contributed by atoms with Crippen LogP contribution >= 0.6 is 15.9 Å². The summed E-state index contributed by atoms with van der Waals surface area (Å²) in [6.07, 6.45) is 2.71. The number of hydrogen-bond donors (Lipinski definition) is 1. The minimum absolute atomic E-state index is 0.0137. The third-order valence-corrected chi connectivity index (χ3v) is 10.7. The molecule has 0 unspecified atom stereocenters. The van der Waals surface area contributed by atoms with Crippen LogP contribution in [0.25, 0.3) is 22.6 Å². The summed E-state index contributed by atoms with van der Waals surface area (Å²) >= 11 is 3.54. The molecule has 2 aliphatic rings. The van der Waals surface area contributed by atoms with Crippen LogP contribution < -0.4 is 9.46 Å². The Morgan fingerprint density at radius 1 is 1.23 bits per heavy atom. The molecule has 0 atom stereocenters. The average molecular weight is 580 g/mol. The van der Waals surface area contributed by atoms with Crippen molar-refractivity contribution in [3.8, 4) is 28.3 Å². The van der Waals surface area contributed by atoms with Crippen molar-refractivity contribution in [1.82, 2.24) is 9.88 Å². The Kier molecular flexibility index (Phi) is 6.02. The SMILES string of the molecule is COc1c(S(=O)(=O)NCC[Si](C)(C)C)ccc(F)c1-c1noc2c1CC1(CC1)c1ccc(Br)cc1-2. The molecule has 35 heavy (non-hydrogen) atoms. The summed E-state index contributed by atoms with van der Waals surface area (Å²) in [5, 5.41) is 4.26. The fourth-order valence-electron chi connectivity index (χ4n) is 4.89. The van der Waals surface area contributed by atoms with Crippen molar-refractivity contribution in [1.29, 1.82) is 0 Å². The fraction of sp³-hybridized carbons (Fsp3) is 0.400. The molecule has 2 aliphatic carbocycles. The van der Waals surface area contributed by atoms with Crippen molar-refractivity contribution in [2.24, 2.45) is 0 Å².